The van der Waals surface area contributed by atoms with Gasteiger partial charge in [-0.15, -0.1) is 0 Å². The van der Waals surface area contributed by atoms with E-state index in [0.29, 0.717) is 18.7 Å². The van der Waals surface area contributed by atoms with Crippen LogP contribution < -0.4 is 4.90 Å². The summed E-state index contributed by atoms with van der Waals surface area (Å²) in [7, 11) is 0. The Bertz CT molecular complexity index is 800. The molecule has 2 aromatic rings. The summed E-state index contributed by atoms with van der Waals surface area (Å²) in [5.41, 5.74) is 3.72. The van der Waals surface area contributed by atoms with Crippen molar-refractivity contribution in [2.75, 3.05) is 18.0 Å². The van der Waals surface area contributed by atoms with Gasteiger partial charge < -0.3 is 9.80 Å². The van der Waals surface area contributed by atoms with Crippen molar-refractivity contribution in [3.05, 3.63) is 65.2 Å². The van der Waals surface area contributed by atoms with Crippen molar-refractivity contribution in [2.24, 2.45) is 0 Å². The molecule has 0 spiro atoms. The predicted octanol–water partition coefficient (Wildman–Crippen LogP) is 3.43. The largest absolute Gasteiger partial charge is 0.325 e. The van der Waals surface area contributed by atoms with Gasteiger partial charge in [-0.1, -0.05) is 43.3 Å². The van der Waals surface area contributed by atoms with Crippen LogP contribution in [-0.4, -0.2) is 35.8 Å². The Morgan fingerprint density at radius 2 is 1.76 bits per heavy atom. The molecule has 0 bridgehead atoms. The molecule has 25 heavy (non-hydrogen) atoms. The lowest BCUT2D eigenvalue weighted by atomic mass is 10.0. The van der Waals surface area contributed by atoms with Crippen LogP contribution in [0.25, 0.3) is 0 Å². The topological polar surface area (TPSA) is 40.6 Å². The Hall–Kier alpha value is -2.62. The summed E-state index contributed by atoms with van der Waals surface area (Å²) in [5.74, 6) is -0.0866. The molecule has 1 fully saturated rings. The molecule has 0 N–H and O–H groups in total. The van der Waals surface area contributed by atoms with Gasteiger partial charge in [0.25, 0.3) is 5.91 Å². The van der Waals surface area contributed by atoms with Crippen LogP contribution in [-0.2, 0) is 11.2 Å². The third kappa shape index (κ3) is 3.16. The monoisotopic (exact) mass is 336 g/mol. The molecule has 1 aliphatic rings. The van der Waals surface area contributed by atoms with Gasteiger partial charge in [-0.3, -0.25) is 9.59 Å². The smallest absolute Gasteiger partial charge is 0.254 e. The summed E-state index contributed by atoms with van der Waals surface area (Å²) in [5, 5.41) is 0. The molecule has 0 radical (unpaired) electrons. The van der Waals surface area contributed by atoms with Crippen molar-refractivity contribution >= 4 is 17.5 Å². The maximum absolute atomic E-state index is 13.0. The van der Waals surface area contributed by atoms with Gasteiger partial charge in [0.05, 0.1) is 0 Å². The van der Waals surface area contributed by atoms with Crippen molar-refractivity contribution in [2.45, 2.75) is 33.2 Å². The number of benzene rings is 2. The van der Waals surface area contributed by atoms with E-state index in [0.717, 1.165) is 23.2 Å². The summed E-state index contributed by atoms with van der Waals surface area (Å²) >= 11 is 0. The number of piperazine rings is 1. The van der Waals surface area contributed by atoms with Gasteiger partial charge in [-0.25, -0.2) is 0 Å². The highest BCUT2D eigenvalue weighted by atomic mass is 16.2. The normalized spacial score (nSPS) is 17.7. The van der Waals surface area contributed by atoms with E-state index in [1.807, 2.05) is 61.2 Å². The highest BCUT2D eigenvalue weighted by Gasteiger charge is 2.36. The molecule has 4 nitrogen and oxygen atoms in total. The number of nitrogens with zero attached hydrogens (tertiary/aromatic N) is 2. The van der Waals surface area contributed by atoms with Gasteiger partial charge in [0.1, 0.15) is 6.04 Å². The van der Waals surface area contributed by atoms with E-state index < -0.39 is 6.04 Å². The van der Waals surface area contributed by atoms with E-state index in [1.54, 1.807) is 4.90 Å². The lowest BCUT2D eigenvalue weighted by molar-refractivity contribution is -0.124. The fourth-order valence-electron chi connectivity index (χ4n) is 3.43. The predicted molar refractivity (Wildman–Crippen MR) is 99.9 cm³/mol. The van der Waals surface area contributed by atoms with Crippen molar-refractivity contribution in [1.29, 1.82) is 0 Å². The second-order valence-electron chi connectivity index (χ2n) is 6.46. The molecule has 130 valence electrons. The summed E-state index contributed by atoms with van der Waals surface area (Å²) in [4.78, 5) is 29.4. The first kappa shape index (κ1) is 17.2. The molecule has 1 saturated heterocycles. The number of para-hydroxylation sites is 1. The van der Waals surface area contributed by atoms with Crippen LogP contribution in [0.3, 0.4) is 0 Å². The number of carbonyl (C=O) groups is 2. The number of hydrogen-bond acceptors (Lipinski definition) is 2. The molecule has 0 saturated carbocycles. The summed E-state index contributed by atoms with van der Waals surface area (Å²) in [6.45, 7) is 6.90. The number of rotatable bonds is 3. The molecular weight excluding hydrogens is 312 g/mol. The Balaban J connectivity index is 1.85. The Kier molecular flexibility index (Phi) is 4.88. The lowest BCUT2D eigenvalue weighted by Gasteiger charge is -2.40. The van der Waals surface area contributed by atoms with Crippen LogP contribution in [0.1, 0.15) is 35.3 Å². The molecule has 2 amide bonds. The van der Waals surface area contributed by atoms with E-state index in [4.69, 9.17) is 0 Å². The Morgan fingerprint density at radius 1 is 1.08 bits per heavy atom. The molecule has 0 aromatic heterocycles. The third-order valence-electron chi connectivity index (χ3n) is 4.96. The maximum Gasteiger partial charge on any atom is 0.254 e. The second-order valence-corrected chi connectivity index (χ2v) is 6.46. The maximum atomic E-state index is 13.0. The zero-order valence-corrected chi connectivity index (χ0v) is 15.0. The average Bonchev–Trinajstić information content (AvgIpc) is 2.64. The molecular formula is C21H24N2O2. The van der Waals surface area contributed by atoms with E-state index >= 15 is 0 Å². The number of anilines is 1. The van der Waals surface area contributed by atoms with E-state index in [1.165, 1.54) is 0 Å². The first-order valence-corrected chi connectivity index (χ1v) is 8.80. The van der Waals surface area contributed by atoms with Crippen LogP contribution in [0, 0.1) is 6.92 Å². The van der Waals surface area contributed by atoms with Gasteiger partial charge in [0.15, 0.2) is 0 Å². The first-order valence-electron chi connectivity index (χ1n) is 8.80. The molecule has 1 heterocycles. The van der Waals surface area contributed by atoms with Crippen LogP contribution in [0.5, 0.6) is 0 Å². The van der Waals surface area contributed by atoms with Crippen LogP contribution in [0.15, 0.2) is 48.5 Å². The van der Waals surface area contributed by atoms with Gasteiger partial charge >= 0.3 is 0 Å². The molecule has 2 aromatic carbocycles. The van der Waals surface area contributed by atoms with E-state index in [2.05, 4.69) is 13.0 Å². The lowest BCUT2D eigenvalue weighted by Crippen LogP contribution is -2.58. The van der Waals surface area contributed by atoms with Crippen molar-refractivity contribution in [3.63, 3.8) is 0 Å². The zero-order chi connectivity index (χ0) is 18.0. The van der Waals surface area contributed by atoms with Crippen LogP contribution >= 0.6 is 0 Å². The zero-order valence-electron chi connectivity index (χ0n) is 15.0. The first-order chi connectivity index (χ1) is 12.0. The average molecular weight is 336 g/mol. The SMILES string of the molecule is CCc1ccccc1N1CCN(C(=O)c2ccccc2C)[C@H](C)C1=O. The van der Waals surface area contributed by atoms with Gasteiger partial charge in [-0.2, -0.15) is 0 Å². The van der Waals surface area contributed by atoms with E-state index in [9.17, 15) is 9.59 Å². The summed E-state index contributed by atoms with van der Waals surface area (Å²) < 4.78 is 0. The van der Waals surface area contributed by atoms with Crippen LogP contribution in [0.2, 0.25) is 0 Å². The fraction of sp³-hybridized carbons (Fsp3) is 0.333. The van der Waals surface area contributed by atoms with Gasteiger partial charge in [0.2, 0.25) is 5.91 Å². The Labute approximate surface area is 149 Å². The summed E-state index contributed by atoms with van der Waals surface area (Å²) in [6, 6.07) is 15.1. The van der Waals surface area contributed by atoms with Gasteiger partial charge in [-0.05, 0) is 43.5 Å². The van der Waals surface area contributed by atoms with E-state index in [-0.39, 0.29) is 11.8 Å². The number of carbonyl (C=O) groups excluding carboxylic acids is 2. The minimum atomic E-state index is -0.467. The fourth-order valence-corrected chi connectivity index (χ4v) is 3.43. The molecule has 0 aliphatic carbocycles. The number of amides is 2. The Morgan fingerprint density at radius 3 is 2.48 bits per heavy atom. The van der Waals surface area contributed by atoms with Crippen LogP contribution in [0.4, 0.5) is 5.69 Å². The molecule has 1 atom stereocenters. The molecule has 1 aliphatic heterocycles. The quantitative estimate of drug-likeness (QED) is 0.861. The third-order valence-corrected chi connectivity index (χ3v) is 4.96. The highest BCUT2D eigenvalue weighted by Crippen LogP contribution is 2.26. The van der Waals surface area contributed by atoms with Crippen molar-refractivity contribution < 1.29 is 9.59 Å². The number of hydrogen-bond donors (Lipinski definition) is 0. The number of aryl methyl sites for hydroxylation is 2. The molecule has 3 rings (SSSR count). The highest BCUT2D eigenvalue weighted by molar-refractivity contribution is 6.04. The molecule has 0 unspecified atom stereocenters. The van der Waals surface area contributed by atoms with Crippen molar-refractivity contribution in [3.8, 4) is 0 Å². The summed E-state index contributed by atoms with van der Waals surface area (Å²) in [6.07, 6.45) is 0.875. The minimum Gasteiger partial charge on any atom is -0.325 e. The minimum absolute atomic E-state index is 0.0194. The molecule has 4 heteroatoms. The van der Waals surface area contributed by atoms with Crippen molar-refractivity contribution in [1.82, 2.24) is 4.90 Å². The second kappa shape index (κ2) is 7.09. The standard InChI is InChI=1S/C21H24N2O2/c1-4-17-10-6-8-12-19(17)23-14-13-22(16(3)20(23)24)21(25)18-11-7-5-9-15(18)2/h5-12,16H,4,13-14H2,1-3H3/t16-/m1/s1. The van der Waals surface area contributed by atoms with Gasteiger partial charge in [0, 0.05) is 24.3 Å².